The maximum absolute atomic E-state index is 5.81. The lowest BCUT2D eigenvalue weighted by Crippen LogP contribution is -2.31. The van der Waals surface area contributed by atoms with Gasteiger partial charge < -0.3 is 0 Å². The smallest absolute Gasteiger partial charge is 0.0926 e. The molecule has 21 heavy (non-hydrogen) atoms. The number of hydrogen-bond donors (Lipinski definition) is 2. The van der Waals surface area contributed by atoms with Gasteiger partial charge in [0.1, 0.15) is 0 Å². The first-order valence-electron chi connectivity index (χ1n) is 6.70. The molecular weight excluding hydrogens is 334 g/mol. The van der Waals surface area contributed by atoms with Gasteiger partial charge in [-0.2, -0.15) is 10.2 Å². The largest absolute Gasteiger partial charge is 0.271 e. The van der Waals surface area contributed by atoms with Crippen molar-refractivity contribution >= 4 is 21.4 Å². The molecule has 0 amide bonds. The number of hydrogen-bond acceptors (Lipinski definition) is 5. The number of nitrogens with two attached hydrogens (primary N) is 1. The Kier molecular flexibility index (Phi) is 4.00. The minimum atomic E-state index is -0.213. The van der Waals surface area contributed by atoms with E-state index in [-0.39, 0.29) is 6.04 Å². The molecule has 7 nitrogen and oxygen atoms in total. The molecule has 0 bridgehead atoms. The molecule has 0 radical (unpaired) electrons. The van der Waals surface area contributed by atoms with Gasteiger partial charge in [-0.3, -0.25) is 15.5 Å². The van der Waals surface area contributed by atoms with Crippen molar-refractivity contribution in [1.82, 2.24) is 29.8 Å². The summed E-state index contributed by atoms with van der Waals surface area (Å²) < 4.78 is 4.65. The lowest BCUT2D eigenvalue weighted by atomic mass is 10.1. The fraction of sp³-hybridized carbons (Fsp3) is 0.308. The first-order valence-corrected chi connectivity index (χ1v) is 7.50. The molecule has 0 saturated heterocycles. The molecule has 0 aromatic carbocycles. The second-order valence-electron chi connectivity index (χ2n) is 4.71. The lowest BCUT2D eigenvalue weighted by molar-refractivity contribution is 0.521. The van der Waals surface area contributed by atoms with Crippen LogP contribution in [0.4, 0.5) is 0 Å². The Morgan fingerprint density at radius 2 is 2.19 bits per heavy atom. The Bertz CT molecular complexity index is 748. The van der Waals surface area contributed by atoms with E-state index in [1.165, 1.54) is 0 Å². The molecule has 3 N–H and O–H groups in total. The zero-order valence-corrected chi connectivity index (χ0v) is 13.2. The second kappa shape index (κ2) is 5.92. The normalized spacial score (nSPS) is 12.9. The van der Waals surface area contributed by atoms with E-state index in [0.717, 1.165) is 34.2 Å². The van der Waals surface area contributed by atoms with Crippen molar-refractivity contribution in [3.63, 3.8) is 0 Å². The number of nitrogens with one attached hydrogen (secondary N) is 1. The van der Waals surface area contributed by atoms with E-state index in [0.29, 0.717) is 0 Å². The third-order valence-corrected chi connectivity index (χ3v) is 3.99. The van der Waals surface area contributed by atoms with Gasteiger partial charge in [-0.15, -0.1) is 0 Å². The highest BCUT2D eigenvalue weighted by Gasteiger charge is 2.23. The van der Waals surface area contributed by atoms with Gasteiger partial charge in [-0.1, -0.05) is 6.92 Å². The van der Waals surface area contributed by atoms with Crippen LogP contribution in [0, 0.1) is 0 Å². The van der Waals surface area contributed by atoms with Crippen LogP contribution in [0.15, 0.2) is 35.5 Å². The van der Waals surface area contributed by atoms with Gasteiger partial charge >= 0.3 is 0 Å². The van der Waals surface area contributed by atoms with Crippen molar-refractivity contribution in [2.75, 3.05) is 0 Å². The molecule has 0 fully saturated rings. The third kappa shape index (κ3) is 2.45. The Hall–Kier alpha value is -1.77. The van der Waals surface area contributed by atoms with Gasteiger partial charge in [0.2, 0.25) is 0 Å². The Morgan fingerprint density at radius 3 is 2.95 bits per heavy atom. The topological polar surface area (TPSA) is 86.1 Å². The monoisotopic (exact) mass is 349 g/mol. The number of aryl methyl sites for hydroxylation is 1. The van der Waals surface area contributed by atoms with Gasteiger partial charge in [0.05, 0.1) is 40.3 Å². The van der Waals surface area contributed by atoms with Crippen molar-refractivity contribution in [3.05, 3.63) is 46.7 Å². The fourth-order valence-corrected chi connectivity index (χ4v) is 2.97. The first kappa shape index (κ1) is 14.2. The fourth-order valence-electron chi connectivity index (χ4n) is 2.44. The predicted octanol–water partition coefficient (Wildman–Crippen LogP) is 1.65. The average molecular weight is 350 g/mol. The van der Waals surface area contributed by atoms with E-state index in [1.54, 1.807) is 29.3 Å². The summed E-state index contributed by atoms with van der Waals surface area (Å²) in [5.41, 5.74) is 5.73. The van der Waals surface area contributed by atoms with Crippen molar-refractivity contribution in [2.24, 2.45) is 5.84 Å². The van der Waals surface area contributed by atoms with Crippen molar-refractivity contribution < 1.29 is 0 Å². The van der Waals surface area contributed by atoms with Gasteiger partial charge in [0, 0.05) is 24.5 Å². The molecule has 1 unspecified atom stereocenters. The van der Waals surface area contributed by atoms with Crippen LogP contribution in [-0.2, 0) is 6.54 Å². The van der Waals surface area contributed by atoms with Crippen molar-refractivity contribution in [1.29, 1.82) is 0 Å². The molecule has 3 aromatic heterocycles. The summed E-state index contributed by atoms with van der Waals surface area (Å²) in [6, 6.07) is -0.213. The molecule has 1 atom stereocenters. The first-order chi connectivity index (χ1) is 10.3. The van der Waals surface area contributed by atoms with Gasteiger partial charge in [0.15, 0.2) is 0 Å². The predicted molar refractivity (Wildman–Crippen MR) is 82.4 cm³/mol. The Labute approximate surface area is 130 Å². The Morgan fingerprint density at radius 1 is 1.33 bits per heavy atom. The van der Waals surface area contributed by atoms with E-state index in [2.05, 4.69) is 43.5 Å². The molecule has 0 aliphatic rings. The molecule has 3 rings (SSSR count). The van der Waals surface area contributed by atoms with Crippen LogP contribution in [0.5, 0.6) is 0 Å². The maximum Gasteiger partial charge on any atom is 0.0926 e. The van der Waals surface area contributed by atoms with Crippen molar-refractivity contribution in [3.8, 4) is 0 Å². The minimum Gasteiger partial charge on any atom is -0.271 e. The highest BCUT2D eigenvalue weighted by Crippen LogP contribution is 2.30. The molecule has 0 saturated carbocycles. The van der Waals surface area contributed by atoms with E-state index >= 15 is 0 Å². The second-order valence-corrected chi connectivity index (χ2v) is 5.56. The van der Waals surface area contributed by atoms with E-state index in [9.17, 15) is 0 Å². The summed E-state index contributed by atoms with van der Waals surface area (Å²) in [4.78, 5) is 4.16. The van der Waals surface area contributed by atoms with Crippen LogP contribution in [0.1, 0.15) is 30.6 Å². The van der Waals surface area contributed by atoms with Gasteiger partial charge in [0.25, 0.3) is 0 Å². The Balaban J connectivity index is 2.12. The van der Waals surface area contributed by atoms with E-state index in [4.69, 9.17) is 5.84 Å². The summed E-state index contributed by atoms with van der Waals surface area (Å²) in [6.07, 6.45) is 9.88. The summed E-state index contributed by atoms with van der Waals surface area (Å²) in [7, 11) is 0. The van der Waals surface area contributed by atoms with Crippen LogP contribution >= 0.6 is 15.9 Å². The summed E-state index contributed by atoms with van der Waals surface area (Å²) in [5.74, 6) is 5.81. The number of hydrazine groups is 1. The number of rotatable bonds is 5. The molecular formula is C13H16BrN7. The third-order valence-electron chi connectivity index (χ3n) is 3.37. The molecule has 0 aliphatic carbocycles. The van der Waals surface area contributed by atoms with Crippen LogP contribution in [-0.4, -0.2) is 24.4 Å². The number of halogens is 1. The molecule has 0 spiro atoms. The highest BCUT2D eigenvalue weighted by molar-refractivity contribution is 9.10. The summed E-state index contributed by atoms with van der Waals surface area (Å²) in [6.45, 7) is 2.94. The van der Waals surface area contributed by atoms with Crippen molar-refractivity contribution in [2.45, 2.75) is 25.9 Å². The van der Waals surface area contributed by atoms with E-state index in [1.807, 2.05) is 10.9 Å². The SMILES string of the molecule is CCCn1ncc(Br)c1C(NN)c1cnn2ccncc12. The van der Waals surface area contributed by atoms with E-state index < -0.39 is 0 Å². The molecule has 3 heterocycles. The molecule has 0 aliphatic heterocycles. The lowest BCUT2D eigenvalue weighted by Gasteiger charge is -2.17. The molecule has 3 aromatic rings. The average Bonchev–Trinajstić information content (AvgIpc) is 3.07. The quantitative estimate of drug-likeness (QED) is 0.540. The molecule has 8 heteroatoms. The molecule has 110 valence electrons. The number of nitrogens with zero attached hydrogens (tertiary/aromatic N) is 5. The zero-order valence-electron chi connectivity index (χ0n) is 11.6. The maximum atomic E-state index is 5.81. The van der Waals surface area contributed by atoms with Crippen LogP contribution in [0.3, 0.4) is 0 Å². The van der Waals surface area contributed by atoms with Crippen LogP contribution in [0.2, 0.25) is 0 Å². The number of aromatic nitrogens is 5. The number of fused-ring (bicyclic) bond motifs is 1. The standard InChI is InChI=1S/C13H16BrN7/c1-2-4-21-13(10(14)7-18-21)12(19-15)9-6-17-20-5-3-16-8-11(9)20/h3,5-8,12,19H,2,4,15H2,1H3. The van der Waals surface area contributed by atoms with Crippen LogP contribution < -0.4 is 11.3 Å². The summed E-state index contributed by atoms with van der Waals surface area (Å²) in [5, 5.41) is 8.73. The summed E-state index contributed by atoms with van der Waals surface area (Å²) >= 11 is 3.56. The highest BCUT2D eigenvalue weighted by atomic mass is 79.9. The van der Waals surface area contributed by atoms with Gasteiger partial charge in [-0.05, 0) is 22.4 Å². The minimum absolute atomic E-state index is 0.213. The van der Waals surface area contributed by atoms with Crippen LogP contribution in [0.25, 0.3) is 5.52 Å². The van der Waals surface area contributed by atoms with Gasteiger partial charge in [-0.25, -0.2) is 9.94 Å². The zero-order chi connectivity index (χ0) is 14.8.